The summed E-state index contributed by atoms with van der Waals surface area (Å²) in [5.74, 6) is -1.25. The number of carbonyl (C=O) groups excluding carboxylic acids is 3. The molecule has 1 aliphatic rings. The highest BCUT2D eigenvalue weighted by Crippen LogP contribution is 2.32. The zero-order valence-corrected chi connectivity index (χ0v) is 17.1. The summed E-state index contributed by atoms with van der Waals surface area (Å²) in [7, 11) is 0. The highest BCUT2D eigenvalue weighted by atomic mass is 19.4. The predicted molar refractivity (Wildman–Crippen MR) is 109 cm³/mol. The zero-order chi connectivity index (χ0) is 23.8. The molecule has 1 aromatic heterocycles. The number of hydrogen-bond donors (Lipinski definition) is 3. The minimum Gasteiger partial charge on any atom is -0.358 e. The number of carbonyl (C=O) groups is 3. The van der Waals surface area contributed by atoms with Crippen molar-refractivity contribution in [3.63, 3.8) is 0 Å². The van der Waals surface area contributed by atoms with E-state index in [1.807, 2.05) is 0 Å². The molecule has 1 saturated heterocycles. The Bertz CT molecular complexity index is 1240. The molecule has 33 heavy (non-hydrogen) atoms. The number of nitrogens with one attached hydrogen (secondary N) is 3. The van der Waals surface area contributed by atoms with Crippen molar-refractivity contribution in [2.45, 2.75) is 18.6 Å². The van der Waals surface area contributed by atoms with Crippen LogP contribution in [0.4, 0.5) is 18.0 Å². The van der Waals surface area contributed by atoms with Crippen molar-refractivity contribution in [1.82, 2.24) is 21.1 Å². The van der Waals surface area contributed by atoms with Gasteiger partial charge in [-0.3, -0.25) is 14.9 Å². The Balaban J connectivity index is 1.61. The number of alkyl halides is 3. The van der Waals surface area contributed by atoms with Gasteiger partial charge in [-0.1, -0.05) is 35.5 Å². The summed E-state index contributed by atoms with van der Waals surface area (Å²) in [4.78, 5) is 37.4. The van der Waals surface area contributed by atoms with Crippen molar-refractivity contribution < 1.29 is 32.1 Å². The number of aryl methyl sites for hydroxylation is 1. The fourth-order valence-electron chi connectivity index (χ4n) is 3.64. The van der Waals surface area contributed by atoms with Gasteiger partial charge in [-0.15, -0.1) is 0 Å². The van der Waals surface area contributed by atoms with Crippen molar-refractivity contribution in [2.24, 2.45) is 0 Å². The van der Waals surface area contributed by atoms with Gasteiger partial charge >= 0.3 is 12.2 Å². The van der Waals surface area contributed by atoms with Crippen molar-refractivity contribution in [3.05, 3.63) is 77.2 Å². The molecule has 0 spiro atoms. The van der Waals surface area contributed by atoms with Gasteiger partial charge in [0.05, 0.1) is 18.3 Å². The number of rotatable bonds is 5. The number of halogens is 3. The highest BCUT2D eigenvalue weighted by molar-refractivity contribution is 6.08. The molecule has 11 heteroatoms. The van der Waals surface area contributed by atoms with Crippen molar-refractivity contribution in [2.75, 3.05) is 6.54 Å². The molecule has 3 aromatic rings. The zero-order valence-electron chi connectivity index (χ0n) is 17.1. The molecule has 170 valence electrons. The Hall–Kier alpha value is -4.15. The molecule has 4 rings (SSSR count). The first-order chi connectivity index (χ1) is 15.6. The molecule has 0 unspecified atom stereocenters. The first-order valence-corrected chi connectivity index (χ1v) is 9.72. The largest absolute Gasteiger partial charge is 0.416 e. The van der Waals surface area contributed by atoms with E-state index in [0.717, 1.165) is 12.1 Å². The van der Waals surface area contributed by atoms with Crippen molar-refractivity contribution >= 4 is 17.8 Å². The van der Waals surface area contributed by atoms with Crippen LogP contribution in [-0.4, -0.2) is 29.5 Å². The van der Waals surface area contributed by atoms with Crippen LogP contribution < -0.4 is 16.0 Å². The van der Waals surface area contributed by atoms with Crippen LogP contribution in [0.15, 0.2) is 59.3 Å². The van der Waals surface area contributed by atoms with Crippen LogP contribution in [0.5, 0.6) is 0 Å². The van der Waals surface area contributed by atoms with Crippen molar-refractivity contribution in [3.8, 4) is 11.1 Å². The topological polar surface area (TPSA) is 113 Å². The molecule has 1 fully saturated rings. The maximum atomic E-state index is 13.0. The summed E-state index contributed by atoms with van der Waals surface area (Å²) in [6.07, 6.45) is -3.11. The third kappa shape index (κ3) is 4.04. The molecule has 4 amide bonds. The molecule has 0 radical (unpaired) electrons. The van der Waals surface area contributed by atoms with Crippen LogP contribution in [0.25, 0.3) is 11.1 Å². The van der Waals surface area contributed by atoms with Crippen LogP contribution in [0.3, 0.4) is 0 Å². The van der Waals surface area contributed by atoms with Gasteiger partial charge in [0.15, 0.2) is 11.3 Å². The number of aromatic nitrogens is 1. The normalized spacial score (nSPS) is 18.1. The lowest BCUT2D eigenvalue weighted by molar-refractivity contribution is -0.137. The number of imide groups is 1. The fourth-order valence-corrected chi connectivity index (χ4v) is 3.64. The van der Waals surface area contributed by atoms with Gasteiger partial charge < -0.3 is 15.2 Å². The SMILES string of the molecule is Cc1cnoc1[C@@]1(CNC(=O)c2ccccc2-c2ccc(C(F)(F)F)cc2)NC(=O)NC1=O. The monoisotopic (exact) mass is 458 g/mol. The minimum atomic E-state index is -4.48. The van der Waals surface area contributed by atoms with E-state index in [9.17, 15) is 27.6 Å². The summed E-state index contributed by atoms with van der Waals surface area (Å²) in [6.45, 7) is 1.29. The number of hydrogen-bond acceptors (Lipinski definition) is 5. The number of amides is 4. The molecule has 0 saturated carbocycles. The Kier molecular flexibility index (Phi) is 5.40. The van der Waals surface area contributed by atoms with Crippen LogP contribution in [0.2, 0.25) is 0 Å². The van der Waals surface area contributed by atoms with E-state index in [2.05, 4.69) is 21.1 Å². The smallest absolute Gasteiger partial charge is 0.358 e. The van der Waals surface area contributed by atoms with Crippen LogP contribution in [0.1, 0.15) is 27.2 Å². The summed E-state index contributed by atoms with van der Waals surface area (Å²) >= 11 is 0. The highest BCUT2D eigenvalue weighted by Gasteiger charge is 2.51. The molecule has 3 N–H and O–H groups in total. The summed E-state index contributed by atoms with van der Waals surface area (Å²) in [5.41, 5.74) is -1.04. The molecule has 1 atom stereocenters. The van der Waals surface area contributed by atoms with E-state index in [-0.39, 0.29) is 17.9 Å². The van der Waals surface area contributed by atoms with E-state index in [4.69, 9.17) is 4.52 Å². The Labute approximate surface area is 185 Å². The molecule has 2 aromatic carbocycles. The third-order valence-corrected chi connectivity index (χ3v) is 5.29. The van der Waals surface area contributed by atoms with Crippen LogP contribution in [0, 0.1) is 6.92 Å². The van der Waals surface area contributed by atoms with Gasteiger partial charge in [0, 0.05) is 11.1 Å². The Morgan fingerprint density at radius 3 is 2.39 bits per heavy atom. The maximum absolute atomic E-state index is 13.0. The summed E-state index contributed by atoms with van der Waals surface area (Å²) < 4.78 is 43.8. The molecular weight excluding hydrogens is 441 g/mol. The molecule has 0 bridgehead atoms. The summed E-state index contributed by atoms with van der Waals surface area (Å²) in [6, 6.07) is 10.0. The van der Waals surface area contributed by atoms with Crippen LogP contribution in [-0.2, 0) is 16.5 Å². The fraction of sp³-hybridized carbons (Fsp3) is 0.182. The van der Waals surface area contributed by atoms with E-state index < -0.39 is 35.1 Å². The second kappa shape index (κ2) is 8.08. The second-order valence-corrected chi connectivity index (χ2v) is 7.45. The minimum absolute atomic E-state index is 0.0715. The van der Waals surface area contributed by atoms with E-state index in [0.29, 0.717) is 16.7 Å². The average Bonchev–Trinajstić information content (AvgIpc) is 3.34. The van der Waals surface area contributed by atoms with Gasteiger partial charge in [-0.2, -0.15) is 13.2 Å². The lowest BCUT2D eigenvalue weighted by Crippen LogP contribution is -2.52. The molecule has 0 aliphatic carbocycles. The van der Waals surface area contributed by atoms with E-state index in [1.54, 1.807) is 25.1 Å². The first kappa shape index (κ1) is 22.1. The average molecular weight is 458 g/mol. The molecule has 2 heterocycles. The van der Waals surface area contributed by atoms with Gasteiger partial charge in [0.2, 0.25) is 0 Å². The van der Waals surface area contributed by atoms with Crippen LogP contribution >= 0.6 is 0 Å². The number of urea groups is 1. The van der Waals surface area contributed by atoms with E-state index in [1.165, 1.54) is 24.4 Å². The molecular formula is C22H17F3N4O4. The maximum Gasteiger partial charge on any atom is 0.416 e. The Morgan fingerprint density at radius 1 is 1.12 bits per heavy atom. The predicted octanol–water partition coefficient (Wildman–Crippen LogP) is 3.13. The standard InChI is InChI=1S/C22H17F3N4O4/c1-12-10-27-33-17(12)21(19(31)28-20(32)29-21)11-26-18(30)16-5-3-2-4-15(16)13-6-8-14(9-7-13)22(23,24)25/h2-10H,11H2,1H3,(H,26,30)(H2,28,29,31,32)/t21-/m1/s1. The molecule has 8 nitrogen and oxygen atoms in total. The lowest BCUT2D eigenvalue weighted by Gasteiger charge is -2.24. The van der Waals surface area contributed by atoms with Crippen molar-refractivity contribution in [1.29, 1.82) is 0 Å². The first-order valence-electron chi connectivity index (χ1n) is 9.72. The number of nitrogens with zero attached hydrogens (tertiary/aromatic N) is 1. The van der Waals surface area contributed by atoms with Gasteiger partial charge in [0.25, 0.3) is 11.8 Å². The molecule has 1 aliphatic heterocycles. The summed E-state index contributed by atoms with van der Waals surface area (Å²) in [5, 5.41) is 10.8. The van der Waals surface area contributed by atoms with Gasteiger partial charge in [-0.25, -0.2) is 4.79 Å². The van der Waals surface area contributed by atoms with Gasteiger partial charge in [0.1, 0.15) is 0 Å². The second-order valence-electron chi connectivity index (χ2n) is 7.45. The Morgan fingerprint density at radius 2 is 1.82 bits per heavy atom. The lowest BCUT2D eigenvalue weighted by atomic mass is 9.93. The quantitative estimate of drug-likeness (QED) is 0.509. The number of benzene rings is 2. The van der Waals surface area contributed by atoms with E-state index >= 15 is 0 Å². The third-order valence-electron chi connectivity index (χ3n) is 5.29. The van der Waals surface area contributed by atoms with Gasteiger partial charge in [-0.05, 0) is 36.2 Å².